The minimum atomic E-state index is -1.26. The standard InChI is InChI=1S/C26H30FN3O3.C4H4O4/c1-15(30-12-6-5-7-13-30)21-20-18(23(31)28-24(20)32)10-11-26(21,25(2,3)4)22-17-9-8-16(27)14-19(17)33-29-22;5-3(6)1-2-4(7)8/h8-11,14-15,21H,5-7,12-13H2,1-4H3,(H,28,31,32);1-2H,(H,5,6)(H,7,8). The van der Waals surface area contributed by atoms with Crippen molar-refractivity contribution in [2.75, 3.05) is 13.1 Å². The van der Waals surface area contributed by atoms with Crippen LogP contribution in [0.2, 0.25) is 0 Å². The Morgan fingerprint density at radius 3 is 2.34 bits per heavy atom. The van der Waals surface area contributed by atoms with E-state index in [4.69, 9.17) is 14.7 Å². The van der Waals surface area contributed by atoms with Crippen LogP contribution >= 0.6 is 0 Å². The molecule has 1 fully saturated rings. The van der Waals surface area contributed by atoms with Gasteiger partial charge in [0, 0.05) is 52.1 Å². The Kier molecular flexibility index (Phi) is 8.30. The van der Waals surface area contributed by atoms with Crippen molar-refractivity contribution < 1.29 is 38.3 Å². The van der Waals surface area contributed by atoms with E-state index in [9.17, 15) is 23.6 Å². The number of piperidine rings is 1. The molecule has 0 bridgehead atoms. The first kappa shape index (κ1) is 29.9. The number of fused-ring (bicyclic) bond motifs is 1. The Balaban J connectivity index is 0.000000426. The fourth-order valence-corrected chi connectivity index (χ4v) is 6.31. The molecule has 2 aliphatic heterocycles. The maximum absolute atomic E-state index is 13.9. The molecule has 1 aromatic carbocycles. The van der Waals surface area contributed by atoms with E-state index in [1.165, 1.54) is 18.6 Å². The molecule has 218 valence electrons. The molecule has 0 saturated carbocycles. The van der Waals surface area contributed by atoms with E-state index in [1.807, 2.05) is 6.08 Å². The van der Waals surface area contributed by atoms with Gasteiger partial charge in [-0.1, -0.05) is 44.5 Å². The number of carboxylic acid groups (broad SMARTS) is 2. The summed E-state index contributed by atoms with van der Waals surface area (Å²) in [5.74, 6) is -3.92. The molecule has 2 amide bonds. The number of carboxylic acids is 2. The molecule has 3 unspecified atom stereocenters. The first-order valence-electron chi connectivity index (χ1n) is 13.5. The lowest BCUT2D eigenvalue weighted by atomic mass is 9.52. The van der Waals surface area contributed by atoms with E-state index in [1.54, 1.807) is 12.1 Å². The lowest BCUT2D eigenvalue weighted by Crippen LogP contribution is -2.56. The molecule has 0 spiro atoms. The van der Waals surface area contributed by atoms with E-state index >= 15 is 0 Å². The number of hydrogen-bond donors (Lipinski definition) is 3. The second kappa shape index (κ2) is 11.4. The number of rotatable bonds is 5. The van der Waals surface area contributed by atoms with Crippen LogP contribution in [-0.2, 0) is 24.6 Å². The first-order valence-corrected chi connectivity index (χ1v) is 13.5. The second-order valence-electron chi connectivity index (χ2n) is 11.6. The number of allylic oxidation sites excluding steroid dienone is 1. The van der Waals surface area contributed by atoms with Crippen molar-refractivity contribution in [3.8, 4) is 0 Å². The van der Waals surface area contributed by atoms with Crippen LogP contribution in [0.1, 0.15) is 52.7 Å². The third kappa shape index (κ3) is 5.58. The predicted molar refractivity (Wildman–Crippen MR) is 147 cm³/mol. The van der Waals surface area contributed by atoms with Gasteiger partial charge in [0.05, 0.1) is 0 Å². The Hall–Kier alpha value is -4.12. The average molecular weight is 568 g/mol. The van der Waals surface area contributed by atoms with Gasteiger partial charge >= 0.3 is 11.9 Å². The highest BCUT2D eigenvalue weighted by atomic mass is 19.1. The van der Waals surface area contributed by atoms with Crippen molar-refractivity contribution in [1.29, 1.82) is 0 Å². The number of hydrogen-bond acceptors (Lipinski definition) is 7. The third-order valence-electron chi connectivity index (χ3n) is 8.21. The van der Waals surface area contributed by atoms with Crippen molar-refractivity contribution in [2.24, 2.45) is 11.3 Å². The number of likely N-dealkylation sites (tertiary alicyclic amines) is 1. The van der Waals surface area contributed by atoms with Gasteiger partial charge in [0.15, 0.2) is 5.58 Å². The highest BCUT2D eigenvalue weighted by Gasteiger charge is 2.58. The van der Waals surface area contributed by atoms with Gasteiger partial charge in [0.25, 0.3) is 11.8 Å². The number of aromatic nitrogens is 1. The van der Waals surface area contributed by atoms with Crippen molar-refractivity contribution in [3.05, 3.63) is 65.2 Å². The summed E-state index contributed by atoms with van der Waals surface area (Å²) < 4.78 is 19.5. The molecular weight excluding hydrogens is 533 g/mol. The fraction of sp³-hybridized carbons (Fsp3) is 0.433. The molecule has 3 N–H and O–H groups in total. The van der Waals surface area contributed by atoms with Crippen LogP contribution in [0.5, 0.6) is 0 Å². The van der Waals surface area contributed by atoms with Crippen molar-refractivity contribution in [3.63, 3.8) is 0 Å². The van der Waals surface area contributed by atoms with Gasteiger partial charge in [-0.05, 0) is 50.4 Å². The van der Waals surface area contributed by atoms with Crippen LogP contribution in [0.3, 0.4) is 0 Å². The SMILES string of the molecule is CC(C1C2=C(C=CC1(c1noc3cc(F)ccc13)C(C)(C)C)C(=O)NC2=O)N1CCCCC1.O=C(O)C=CC(=O)O. The van der Waals surface area contributed by atoms with Gasteiger partial charge in [-0.15, -0.1) is 0 Å². The molecule has 5 rings (SSSR count). The summed E-state index contributed by atoms with van der Waals surface area (Å²) >= 11 is 0. The summed E-state index contributed by atoms with van der Waals surface area (Å²) in [6, 6.07) is 4.42. The van der Waals surface area contributed by atoms with Crippen LogP contribution in [0.25, 0.3) is 11.0 Å². The summed E-state index contributed by atoms with van der Waals surface area (Å²) in [5.41, 5.74) is 0.850. The number of carbonyl (C=O) groups excluding carboxylic acids is 2. The smallest absolute Gasteiger partial charge is 0.328 e. The molecule has 0 radical (unpaired) electrons. The monoisotopic (exact) mass is 567 g/mol. The van der Waals surface area contributed by atoms with Gasteiger partial charge < -0.3 is 19.6 Å². The number of carbonyl (C=O) groups is 4. The Labute approximate surface area is 236 Å². The quantitative estimate of drug-likeness (QED) is 0.360. The average Bonchev–Trinajstić information content (AvgIpc) is 3.46. The van der Waals surface area contributed by atoms with E-state index < -0.39 is 28.6 Å². The Bertz CT molecular complexity index is 1460. The summed E-state index contributed by atoms with van der Waals surface area (Å²) in [6.07, 6.45) is 8.34. The van der Waals surface area contributed by atoms with E-state index in [-0.39, 0.29) is 23.8 Å². The molecule has 11 heteroatoms. The summed E-state index contributed by atoms with van der Waals surface area (Å²) in [5, 5.41) is 23.3. The molecule has 10 nitrogen and oxygen atoms in total. The van der Waals surface area contributed by atoms with Gasteiger partial charge in [-0.3, -0.25) is 14.9 Å². The molecule has 3 aliphatic rings. The molecule has 3 atom stereocenters. The second-order valence-corrected chi connectivity index (χ2v) is 11.6. The van der Waals surface area contributed by atoms with Gasteiger partial charge in [0.2, 0.25) is 0 Å². The predicted octanol–water partition coefficient (Wildman–Crippen LogP) is 3.98. The number of amides is 2. The highest BCUT2D eigenvalue weighted by molar-refractivity contribution is 6.21. The van der Waals surface area contributed by atoms with Crippen molar-refractivity contribution >= 4 is 34.7 Å². The van der Waals surface area contributed by atoms with Crippen LogP contribution in [0.15, 0.2) is 58.2 Å². The van der Waals surface area contributed by atoms with Crippen LogP contribution < -0.4 is 5.32 Å². The number of nitrogens with zero attached hydrogens (tertiary/aromatic N) is 2. The molecule has 2 aromatic rings. The summed E-state index contributed by atoms with van der Waals surface area (Å²) in [6.45, 7) is 10.4. The minimum Gasteiger partial charge on any atom is -0.478 e. The molecule has 1 aromatic heterocycles. The lowest BCUT2D eigenvalue weighted by molar-refractivity contribution is -0.134. The maximum atomic E-state index is 13.9. The largest absolute Gasteiger partial charge is 0.478 e. The number of benzene rings is 1. The van der Waals surface area contributed by atoms with Crippen LogP contribution in [-0.4, -0.2) is 63.2 Å². The minimum absolute atomic E-state index is 0.0247. The van der Waals surface area contributed by atoms with Crippen molar-refractivity contribution in [2.45, 2.75) is 58.4 Å². The number of aliphatic carboxylic acids is 2. The van der Waals surface area contributed by atoms with Gasteiger partial charge in [-0.25, -0.2) is 14.0 Å². The first-order chi connectivity index (χ1) is 19.3. The molecule has 1 saturated heterocycles. The Morgan fingerprint density at radius 2 is 1.76 bits per heavy atom. The normalized spacial score (nSPS) is 23.8. The van der Waals surface area contributed by atoms with E-state index in [0.717, 1.165) is 31.3 Å². The molecule has 41 heavy (non-hydrogen) atoms. The summed E-state index contributed by atoms with van der Waals surface area (Å²) in [4.78, 5) is 47.3. The number of nitrogens with one attached hydrogen (secondary N) is 1. The molecule has 1 aliphatic carbocycles. The van der Waals surface area contributed by atoms with E-state index in [0.29, 0.717) is 34.6 Å². The highest BCUT2D eigenvalue weighted by Crippen LogP contribution is 2.56. The zero-order valence-corrected chi connectivity index (χ0v) is 23.4. The molecule has 3 heterocycles. The van der Waals surface area contributed by atoms with Gasteiger partial charge in [0.1, 0.15) is 11.5 Å². The van der Waals surface area contributed by atoms with E-state index in [2.05, 4.69) is 43.1 Å². The van der Waals surface area contributed by atoms with Crippen LogP contribution in [0, 0.1) is 17.2 Å². The maximum Gasteiger partial charge on any atom is 0.328 e. The lowest BCUT2D eigenvalue weighted by Gasteiger charge is -2.53. The van der Waals surface area contributed by atoms with Crippen LogP contribution in [0.4, 0.5) is 4.39 Å². The zero-order chi connectivity index (χ0) is 30.1. The topological polar surface area (TPSA) is 150 Å². The fourth-order valence-electron chi connectivity index (χ4n) is 6.31. The van der Waals surface area contributed by atoms with Crippen molar-refractivity contribution in [1.82, 2.24) is 15.4 Å². The summed E-state index contributed by atoms with van der Waals surface area (Å²) in [7, 11) is 0. The number of imide groups is 1. The number of halogens is 1. The van der Waals surface area contributed by atoms with Gasteiger partial charge in [-0.2, -0.15) is 0 Å². The third-order valence-corrected chi connectivity index (χ3v) is 8.21. The Morgan fingerprint density at radius 1 is 1.12 bits per heavy atom. The zero-order valence-electron chi connectivity index (χ0n) is 23.4. The molecular formula is C30H34FN3O7.